The molecule has 0 unspecified atom stereocenters. The number of hydrogen-bond donors (Lipinski definition) is 0. The summed E-state index contributed by atoms with van der Waals surface area (Å²) in [5, 5.41) is 11.0. The normalized spacial score (nSPS) is 14.2. The summed E-state index contributed by atoms with van der Waals surface area (Å²) in [7, 11) is 0. The van der Waals surface area contributed by atoms with E-state index in [4.69, 9.17) is 9.47 Å². The highest BCUT2D eigenvalue weighted by atomic mass is 79.9. The Morgan fingerprint density at radius 1 is 1.06 bits per heavy atom. The monoisotopic (exact) mass is 584 g/mol. The Morgan fingerprint density at radius 3 is 2.41 bits per heavy atom. The van der Waals surface area contributed by atoms with E-state index in [0.29, 0.717) is 38.0 Å². The number of hydrogen-bond acceptors (Lipinski definition) is 6. The number of cyclic esters (lactones) is 1. The molecule has 34 heavy (non-hydrogen) atoms. The number of nitrogens with zero attached hydrogens (tertiary/aromatic N) is 2. The summed E-state index contributed by atoms with van der Waals surface area (Å²) >= 11 is 7.08. The molecular formula is C25H18Br2N2O5. The summed E-state index contributed by atoms with van der Waals surface area (Å²) in [6.07, 6.45) is 1.61. The average Bonchev–Trinajstić information content (AvgIpc) is 3.14. The van der Waals surface area contributed by atoms with E-state index in [-0.39, 0.29) is 17.3 Å². The minimum absolute atomic E-state index is 0.0103. The van der Waals surface area contributed by atoms with Gasteiger partial charge in [-0.1, -0.05) is 24.3 Å². The molecule has 0 spiro atoms. The van der Waals surface area contributed by atoms with Crippen LogP contribution in [-0.4, -0.2) is 16.8 Å². The van der Waals surface area contributed by atoms with Gasteiger partial charge in [-0.05, 0) is 92.7 Å². The highest BCUT2D eigenvalue weighted by Gasteiger charge is 2.25. The van der Waals surface area contributed by atoms with E-state index in [9.17, 15) is 14.9 Å². The zero-order valence-corrected chi connectivity index (χ0v) is 21.3. The molecule has 0 bridgehead atoms. The maximum Gasteiger partial charge on any atom is 0.363 e. The van der Waals surface area contributed by atoms with E-state index < -0.39 is 10.9 Å². The third-order valence-corrected chi connectivity index (χ3v) is 6.40. The molecule has 0 atom stereocenters. The highest BCUT2D eigenvalue weighted by molar-refractivity contribution is 9.11. The first kappa shape index (κ1) is 23.8. The first-order valence-corrected chi connectivity index (χ1v) is 11.8. The van der Waals surface area contributed by atoms with Crippen LogP contribution in [0.2, 0.25) is 0 Å². The molecule has 0 fully saturated rings. The van der Waals surface area contributed by atoms with Gasteiger partial charge in [-0.15, -0.1) is 0 Å². The Balaban J connectivity index is 1.57. The fourth-order valence-corrected chi connectivity index (χ4v) is 4.86. The summed E-state index contributed by atoms with van der Waals surface area (Å²) in [6, 6.07) is 16.1. The molecular weight excluding hydrogens is 568 g/mol. The van der Waals surface area contributed by atoms with Crippen molar-refractivity contribution in [3.63, 3.8) is 0 Å². The van der Waals surface area contributed by atoms with Gasteiger partial charge in [0.1, 0.15) is 12.4 Å². The van der Waals surface area contributed by atoms with E-state index in [1.165, 1.54) is 12.1 Å². The van der Waals surface area contributed by atoms with Gasteiger partial charge >= 0.3 is 5.97 Å². The summed E-state index contributed by atoms with van der Waals surface area (Å²) in [5.41, 5.74) is 3.99. The molecule has 9 heteroatoms. The lowest BCUT2D eigenvalue weighted by Gasteiger charge is -2.12. The van der Waals surface area contributed by atoms with Gasteiger partial charge in [0, 0.05) is 17.2 Å². The van der Waals surface area contributed by atoms with Crippen molar-refractivity contribution in [3.05, 3.63) is 107 Å². The van der Waals surface area contributed by atoms with Crippen LogP contribution in [-0.2, 0) is 16.1 Å². The van der Waals surface area contributed by atoms with Crippen LogP contribution in [0.3, 0.4) is 0 Å². The van der Waals surface area contributed by atoms with Crippen molar-refractivity contribution < 1.29 is 19.2 Å². The minimum Gasteiger partial charge on any atom is -0.487 e. The molecule has 0 amide bonds. The van der Waals surface area contributed by atoms with Crippen LogP contribution in [0.25, 0.3) is 6.08 Å². The average molecular weight is 586 g/mol. The number of ether oxygens (including phenoxy) is 2. The molecule has 1 aliphatic rings. The van der Waals surface area contributed by atoms with Crippen LogP contribution in [0, 0.1) is 24.0 Å². The third-order valence-electron chi connectivity index (χ3n) is 5.22. The number of aliphatic imine (C=N–C) groups is 1. The maximum absolute atomic E-state index is 12.4. The standard InChI is InChI=1S/C25H18Br2N2O5/c1-14-5-3-4-6-18(14)13-33-23-19(26)10-16(11-20(23)27)12-21-25(30)34-24(28-21)17-7-8-22(29(31)32)15(2)9-17/h3-12H,13H2,1-2H3/b21-12-. The van der Waals surface area contributed by atoms with Gasteiger partial charge in [0.15, 0.2) is 5.70 Å². The van der Waals surface area contributed by atoms with Crippen LogP contribution in [0.1, 0.15) is 27.8 Å². The second-order valence-electron chi connectivity index (χ2n) is 7.62. The van der Waals surface area contributed by atoms with E-state index in [1.807, 2.05) is 43.3 Å². The first-order chi connectivity index (χ1) is 16.2. The number of halogens is 2. The lowest BCUT2D eigenvalue weighted by atomic mass is 10.1. The molecule has 4 rings (SSSR count). The molecule has 3 aromatic carbocycles. The van der Waals surface area contributed by atoms with Crippen LogP contribution in [0.5, 0.6) is 5.75 Å². The molecule has 1 aliphatic heterocycles. The minimum atomic E-state index is -0.599. The number of aryl methyl sites for hydroxylation is 2. The predicted molar refractivity (Wildman–Crippen MR) is 136 cm³/mol. The lowest BCUT2D eigenvalue weighted by Crippen LogP contribution is -2.06. The summed E-state index contributed by atoms with van der Waals surface area (Å²) < 4.78 is 12.7. The van der Waals surface area contributed by atoms with Crippen molar-refractivity contribution >= 4 is 55.5 Å². The fourth-order valence-electron chi connectivity index (χ4n) is 3.41. The summed E-state index contributed by atoms with van der Waals surface area (Å²) in [6.45, 7) is 4.07. The van der Waals surface area contributed by atoms with Crippen molar-refractivity contribution in [2.75, 3.05) is 0 Å². The topological polar surface area (TPSA) is 91.0 Å². The molecule has 7 nitrogen and oxygen atoms in total. The number of carbonyl (C=O) groups is 1. The van der Waals surface area contributed by atoms with Crippen molar-refractivity contribution in [1.82, 2.24) is 0 Å². The molecule has 3 aromatic rings. The molecule has 0 aromatic heterocycles. The van der Waals surface area contributed by atoms with Crippen molar-refractivity contribution in [2.45, 2.75) is 20.5 Å². The zero-order valence-electron chi connectivity index (χ0n) is 18.2. The van der Waals surface area contributed by atoms with E-state index in [0.717, 1.165) is 11.1 Å². The smallest absolute Gasteiger partial charge is 0.363 e. The Labute approximate surface area is 212 Å². The van der Waals surface area contributed by atoms with Gasteiger partial charge in [0.05, 0.1) is 13.9 Å². The van der Waals surface area contributed by atoms with E-state index >= 15 is 0 Å². The lowest BCUT2D eigenvalue weighted by molar-refractivity contribution is -0.385. The largest absolute Gasteiger partial charge is 0.487 e. The third kappa shape index (κ3) is 5.10. The number of nitro benzene ring substituents is 1. The van der Waals surface area contributed by atoms with Gasteiger partial charge in [-0.3, -0.25) is 10.1 Å². The number of nitro groups is 1. The molecule has 0 saturated carbocycles. The Bertz CT molecular complexity index is 1360. The summed E-state index contributed by atoms with van der Waals surface area (Å²) in [4.78, 5) is 27.3. The quantitative estimate of drug-likeness (QED) is 0.140. The summed E-state index contributed by atoms with van der Waals surface area (Å²) in [5.74, 6) is 0.147. The molecule has 0 aliphatic carbocycles. The molecule has 172 valence electrons. The van der Waals surface area contributed by atoms with Gasteiger partial charge in [0.2, 0.25) is 5.90 Å². The van der Waals surface area contributed by atoms with Gasteiger partial charge < -0.3 is 9.47 Å². The van der Waals surface area contributed by atoms with Gasteiger partial charge in [-0.2, -0.15) is 0 Å². The first-order valence-electron chi connectivity index (χ1n) is 10.2. The number of carbonyl (C=O) groups excluding carboxylic acids is 1. The highest BCUT2D eigenvalue weighted by Crippen LogP contribution is 2.36. The van der Waals surface area contributed by atoms with Crippen LogP contribution in [0.15, 0.2) is 74.2 Å². The van der Waals surface area contributed by atoms with Crippen molar-refractivity contribution in [1.29, 1.82) is 0 Å². The van der Waals surface area contributed by atoms with Gasteiger partial charge in [0.25, 0.3) is 5.69 Å². The fraction of sp³-hybridized carbons (Fsp3) is 0.120. The van der Waals surface area contributed by atoms with Crippen molar-refractivity contribution in [3.8, 4) is 5.75 Å². The second kappa shape index (κ2) is 9.90. The number of benzene rings is 3. The van der Waals surface area contributed by atoms with Crippen molar-refractivity contribution in [2.24, 2.45) is 4.99 Å². The van der Waals surface area contributed by atoms with E-state index in [1.54, 1.807) is 19.1 Å². The van der Waals surface area contributed by atoms with E-state index in [2.05, 4.69) is 36.9 Å². The van der Waals surface area contributed by atoms with Crippen LogP contribution < -0.4 is 4.74 Å². The van der Waals surface area contributed by atoms with Crippen LogP contribution in [0.4, 0.5) is 5.69 Å². The second-order valence-corrected chi connectivity index (χ2v) is 9.33. The Kier molecular flexibility index (Phi) is 6.95. The van der Waals surface area contributed by atoms with Crippen LogP contribution >= 0.6 is 31.9 Å². The molecule has 1 heterocycles. The molecule has 0 saturated heterocycles. The number of rotatable bonds is 6. The zero-order chi connectivity index (χ0) is 24.4. The molecule has 0 N–H and O–H groups in total. The Morgan fingerprint density at radius 2 is 1.76 bits per heavy atom. The maximum atomic E-state index is 12.4. The molecule has 0 radical (unpaired) electrons. The SMILES string of the molecule is Cc1ccccc1COc1c(Br)cc(/C=C2\N=C(c3ccc([N+](=O)[O-])c(C)c3)OC2=O)cc1Br. The number of esters is 1. The Hall–Kier alpha value is -3.30. The van der Waals surface area contributed by atoms with Gasteiger partial charge in [-0.25, -0.2) is 9.79 Å². The predicted octanol–water partition coefficient (Wildman–Crippen LogP) is 6.66.